The van der Waals surface area contributed by atoms with Gasteiger partial charge in [-0.25, -0.2) is 0 Å². The number of likely N-dealkylation sites (tertiary alicyclic amines) is 1. The van der Waals surface area contributed by atoms with Crippen molar-refractivity contribution in [3.8, 4) is 0 Å². The highest BCUT2D eigenvalue weighted by atomic mass is 79.9. The molecule has 45 heavy (non-hydrogen) atoms. The molecule has 5 rings (SSSR count). The number of aliphatic hydroxyl groups excluding tert-OH is 1. The molecule has 0 aromatic heterocycles. The van der Waals surface area contributed by atoms with Crippen molar-refractivity contribution >= 4 is 33.7 Å². The fourth-order valence-electron chi connectivity index (χ4n) is 7.79. The van der Waals surface area contributed by atoms with Crippen molar-refractivity contribution in [3.05, 3.63) is 61.2 Å². The van der Waals surface area contributed by atoms with Crippen molar-refractivity contribution in [2.45, 2.75) is 54.8 Å². The number of aliphatic hydroxyl groups is 1. The number of hydrogen-bond donors (Lipinski definition) is 1. The summed E-state index contributed by atoms with van der Waals surface area (Å²) in [5, 5.41) is 10.8. The first-order chi connectivity index (χ1) is 21.8. The molecule has 0 aliphatic carbocycles. The monoisotopic (exact) mass is 686 g/mol. The fourth-order valence-corrected chi connectivity index (χ4v) is 8.74. The van der Waals surface area contributed by atoms with Crippen molar-refractivity contribution in [2.75, 3.05) is 65.6 Å². The van der Waals surface area contributed by atoms with E-state index in [1.54, 1.807) is 26.9 Å². The third-order valence-electron chi connectivity index (χ3n) is 9.77. The average molecular weight is 688 g/mol. The molecule has 3 amide bonds. The van der Waals surface area contributed by atoms with E-state index >= 15 is 0 Å². The molecule has 11 heteroatoms. The summed E-state index contributed by atoms with van der Waals surface area (Å²) in [5.74, 6) is -2.28. The third-order valence-corrected chi connectivity index (χ3v) is 10.6. The Kier molecular flexibility index (Phi) is 11.2. The van der Waals surface area contributed by atoms with Crippen LogP contribution in [0, 0.1) is 11.8 Å². The lowest BCUT2D eigenvalue weighted by molar-refractivity contribution is -0.152. The number of benzene rings is 1. The van der Waals surface area contributed by atoms with Crippen molar-refractivity contribution in [1.82, 2.24) is 19.6 Å². The van der Waals surface area contributed by atoms with E-state index in [1.807, 2.05) is 37.3 Å². The molecule has 1 aromatic rings. The van der Waals surface area contributed by atoms with Gasteiger partial charge in [0.05, 0.1) is 43.8 Å². The Balaban J connectivity index is 1.54. The zero-order chi connectivity index (χ0) is 32.1. The smallest absolute Gasteiger partial charge is 0.248 e. The number of morpholine rings is 1. The zero-order valence-corrected chi connectivity index (χ0v) is 27.9. The molecule has 1 aromatic carbocycles. The minimum absolute atomic E-state index is 0.155. The van der Waals surface area contributed by atoms with Gasteiger partial charge in [0, 0.05) is 50.6 Å². The van der Waals surface area contributed by atoms with Crippen LogP contribution >= 0.6 is 15.9 Å². The lowest BCUT2D eigenvalue weighted by Gasteiger charge is -2.40. The van der Waals surface area contributed by atoms with Crippen LogP contribution in [-0.4, -0.2) is 137 Å². The number of rotatable bonds is 15. The number of alkyl halides is 1. The van der Waals surface area contributed by atoms with E-state index < -0.39 is 35.6 Å². The molecule has 10 nitrogen and oxygen atoms in total. The summed E-state index contributed by atoms with van der Waals surface area (Å²) < 4.78 is 12.3. The number of nitrogens with zero attached hydrogens (tertiary/aromatic N) is 4. The number of carbonyl (C=O) groups is 3. The summed E-state index contributed by atoms with van der Waals surface area (Å²) in [6.45, 7) is 14.6. The Hall–Kier alpha value is -2.57. The molecule has 4 fully saturated rings. The maximum Gasteiger partial charge on any atom is 0.248 e. The van der Waals surface area contributed by atoms with E-state index in [9.17, 15) is 19.5 Å². The Morgan fingerprint density at radius 3 is 2.40 bits per heavy atom. The first-order valence-electron chi connectivity index (χ1n) is 16.2. The molecule has 7 atom stereocenters. The molecule has 4 aliphatic heterocycles. The van der Waals surface area contributed by atoms with Crippen LogP contribution in [0.25, 0.3) is 0 Å². The maximum atomic E-state index is 14.8. The highest BCUT2D eigenvalue weighted by Gasteiger charge is 2.77. The highest BCUT2D eigenvalue weighted by molar-refractivity contribution is 9.09. The highest BCUT2D eigenvalue weighted by Crippen LogP contribution is 2.61. The van der Waals surface area contributed by atoms with E-state index in [-0.39, 0.29) is 29.2 Å². The lowest BCUT2D eigenvalue weighted by Crippen LogP contribution is -2.60. The Labute approximate surface area is 275 Å². The summed E-state index contributed by atoms with van der Waals surface area (Å²) in [4.78, 5) is 50.9. The number of fused-ring (bicyclic) bond motifs is 1. The van der Waals surface area contributed by atoms with Crippen molar-refractivity contribution in [1.29, 1.82) is 0 Å². The van der Waals surface area contributed by atoms with Crippen LogP contribution in [0.4, 0.5) is 0 Å². The summed E-state index contributed by atoms with van der Waals surface area (Å²) >= 11 is 3.78. The van der Waals surface area contributed by atoms with Gasteiger partial charge in [-0.2, -0.15) is 0 Å². The standard InChI is InChI=1S/C34H47BrN4O6/c1-4-12-37(13-5-2)31(41)27-28-32(42)39(25(23-40)21-24-10-8-7-9-11-24)30(34(28)22-26(35)29(27)45-34)33(43)38(14-6-3)16-15-36-17-19-44-20-18-36/h4,6-11,25-30,40H,1,3,5,12-23H2,2H3/t25-,26?,27-,28+,29-,30?,34?/m1/s1. The fraction of sp³-hybridized carbons (Fsp3) is 0.618. The molecule has 4 aliphatic rings. The first-order valence-corrected chi connectivity index (χ1v) is 17.1. The topological polar surface area (TPSA) is 103 Å². The lowest BCUT2D eigenvalue weighted by atomic mass is 9.70. The summed E-state index contributed by atoms with van der Waals surface area (Å²) in [7, 11) is 0. The van der Waals surface area contributed by atoms with Gasteiger partial charge in [-0.1, -0.05) is 65.3 Å². The molecule has 246 valence electrons. The number of hydrogen-bond acceptors (Lipinski definition) is 7. The average Bonchev–Trinajstić information content (AvgIpc) is 3.65. The van der Waals surface area contributed by atoms with Gasteiger partial charge in [0.25, 0.3) is 0 Å². The number of halogens is 1. The third kappa shape index (κ3) is 6.52. The van der Waals surface area contributed by atoms with Gasteiger partial charge in [-0.3, -0.25) is 19.3 Å². The van der Waals surface area contributed by atoms with Crippen LogP contribution in [0.15, 0.2) is 55.6 Å². The minimum atomic E-state index is -1.21. The quantitative estimate of drug-likeness (QED) is 0.223. The summed E-state index contributed by atoms with van der Waals surface area (Å²) in [6, 6.07) is 7.98. The van der Waals surface area contributed by atoms with Gasteiger partial charge in [-0.15, -0.1) is 13.2 Å². The normalized spacial score (nSPS) is 29.8. The molecule has 4 heterocycles. The van der Waals surface area contributed by atoms with Gasteiger partial charge < -0.3 is 29.3 Å². The molecule has 1 spiro atoms. The van der Waals surface area contributed by atoms with E-state index in [2.05, 4.69) is 34.0 Å². The van der Waals surface area contributed by atoms with Crippen LogP contribution in [0.3, 0.4) is 0 Å². The largest absolute Gasteiger partial charge is 0.394 e. The molecule has 0 radical (unpaired) electrons. The first kappa shape index (κ1) is 33.8. The predicted molar refractivity (Wildman–Crippen MR) is 175 cm³/mol. The Morgan fingerprint density at radius 2 is 1.78 bits per heavy atom. The van der Waals surface area contributed by atoms with Crippen LogP contribution < -0.4 is 0 Å². The Morgan fingerprint density at radius 1 is 1.11 bits per heavy atom. The molecule has 3 unspecified atom stereocenters. The van der Waals surface area contributed by atoms with Crippen molar-refractivity contribution in [3.63, 3.8) is 0 Å². The summed E-state index contributed by atoms with van der Waals surface area (Å²) in [5.41, 5.74) is -0.265. The molecule has 2 bridgehead atoms. The van der Waals surface area contributed by atoms with E-state index in [0.29, 0.717) is 58.8 Å². The van der Waals surface area contributed by atoms with Crippen molar-refractivity contribution < 1.29 is 29.0 Å². The minimum Gasteiger partial charge on any atom is -0.394 e. The van der Waals surface area contributed by atoms with Gasteiger partial charge in [0.1, 0.15) is 11.6 Å². The van der Waals surface area contributed by atoms with Gasteiger partial charge in [-0.05, 0) is 24.8 Å². The van der Waals surface area contributed by atoms with Gasteiger partial charge in [0.15, 0.2) is 0 Å². The molecular weight excluding hydrogens is 640 g/mol. The van der Waals surface area contributed by atoms with Gasteiger partial charge in [0.2, 0.25) is 17.7 Å². The predicted octanol–water partition coefficient (Wildman–Crippen LogP) is 2.11. The second kappa shape index (κ2) is 14.9. The van der Waals surface area contributed by atoms with Crippen LogP contribution in [0.1, 0.15) is 25.3 Å². The second-order valence-corrected chi connectivity index (χ2v) is 13.7. The van der Waals surface area contributed by atoms with Crippen molar-refractivity contribution in [2.24, 2.45) is 11.8 Å². The molecular formula is C34H47BrN4O6. The maximum absolute atomic E-state index is 14.8. The number of amides is 3. The Bertz CT molecular complexity index is 1230. The SMILES string of the molecule is C=CCN(CCN1CCOCC1)C(=O)C1N([C@@H](CO)Cc2ccccc2)C(=O)[C@@H]2[C@@H](C(=O)N(CC=C)CCC)[C@@H]3OC12CC3Br. The second-order valence-electron chi connectivity index (χ2n) is 12.5. The van der Waals surface area contributed by atoms with Crippen LogP contribution in [0.2, 0.25) is 0 Å². The van der Waals surface area contributed by atoms with E-state index in [0.717, 1.165) is 25.1 Å². The molecule has 0 saturated carbocycles. The number of carbonyl (C=O) groups excluding carboxylic acids is 3. The summed E-state index contributed by atoms with van der Waals surface area (Å²) in [6.07, 6.45) is 4.39. The number of ether oxygens (including phenoxy) is 2. The van der Waals surface area contributed by atoms with Crippen LogP contribution in [-0.2, 0) is 30.3 Å². The van der Waals surface area contributed by atoms with Crippen LogP contribution in [0.5, 0.6) is 0 Å². The zero-order valence-electron chi connectivity index (χ0n) is 26.3. The molecule has 1 N–H and O–H groups in total. The van der Waals surface area contributed by atoms with E-state index in [4.69, 9.17) is 9.47 Å². The van der Waals surface area contributed by atoms with E-state index in [1.165, 1.54) is 0 Å². The molecule has 4 saturated heterocycles. The van der Waals surface area contributed by atoms with Gasteiger partial charge >= 0.3 is 0 Å².